The van der Waals surface area contributed by atoms with Gasteiger partial charge < -0.3 is 14.1 Å². The van der Waals surface area contributed by atoms with E-state index in [0.717, 1.165) is 36.9 Å². The first-order valence-electron chi connectivity index (χ1n) is 9.31. The van der Waals surface area contributed by atoms with Gasteiger partial charge in [0.2, 0.25) is 0 Å². The average Bonchev–Trinajstić information content (AvgIpc) is 3.21. The zero-order valence-electron chi connectivity index (χ0n) is 15.5. The van der Waals surface area contributed by atoms with Gasteiger partial charge in [0, 0.05) is 46.8 Å². The van der Waals surface area contributed by atoms with Crippen molar-refractivity contribution < 1.29 is 13.9 Å². The van der Waals surface area contributed by atoms with Crippen molar-refractivity contribution in [3.8, 4) is 16.9 Å². The van der Waals surface area contributed by atoms with E-state index in [1.54, 1.807) is 25.1 Å². The summed E-state index contributed by atoms with van der Waals surface area (Å²) in [5, 5.41) is 1.30. The predicted octanol–water partition coefficient (Wildman–Crippen LogP) is 4.50. The summed E-state index contributed by atoms with van der Waals surface area (Å²) >= 11 is 6.31. The summed E-state index contributed by atoms with van der Waals surface area (Å²) in [5.74, 6) is 0.455. The highest BCUT2D eigenvalue weighted by molar-refractivity contribution is 6.33. The Morgan fingerprint density at radius 1 is 1.11 bits per heavy atom. The molecular weight excluding hydrogens is 378 g/mol. The van der Waals surface area contributed by atoms with Crippen molar-refractivity contribution in [2.24, 2.45) is 0 Å². The molecule has 3 aromatic rings. The number of nitrogens with zero attached hydrogens (tertiary/aromatic N) is 1. The molecule has 0 bridgehead atoms. The van der Waals surface area contributed by atoms with Gasteiger partial charge in [-0.2, -0.15) is 0 Å². The lowest BCUT2D eigenvalue weighted by atomic mass is 10.0. The molecule has 2 aromatic carbocycles. The molecule has 1 aliphatic rings. The van der Waals surface area contributed by atoms with Gasteiger partial charge >= 0.3 is 5.63 Å². The van der Waals surface area contributed by atoms with Gasteiger partial charge in [0.05, 0.1) is 0 Å². The van der Waals surface area contributed by atoms with Gasteiger partial charge in [-0.05, 0) is 38.0 Å². The van der Waals surface area contributed by atoms with Crippen LogP contribution in [0, 0.1) is 0 Å². The van der Waals surface area contributed by atoms with E-state index in [1.165, 1.54) is 6.07 Å². The summed E-state index contributed by atoms with van der Waals surface area (Å²) in [5.41, 5.74) is 1.37. The van der Waals surface area contributed by atoms with Crippen LogP contribution in [0.1, 0.15) is 19.8 Å². The second-order valence-electron chi connectivity index (χ2n) is 6.91. The van der Waals surface area contributed by atoms with Crippen molar-refractivity contribution in [3.63, 3.8) is 0 Å². The highest BCUT2D eigenvalue weighted by atomic mass is 35.5. The van der Waals surface area contributed by atoms with Crippen molar-refractivity contribution in [1.82, 2.24) is 4.90 Å². The quantitative estimate of drug-likeness (QED) is 0.608. The highest BCUT2D eigenvalue weighted by Gasteiger charge is 2.24. The topological polar surface area (TPSA) is 59.8 Å². The molecule has 1 aliphatic heterocycles. The molecule has 1 saturated heterocycles. The zero-order chi connectivity index (χ0) is 19.7. The van der Waals surface area contributed by atoms with Crippen LogP contribution in [0.15, 0.2) is 57.7 Å². The van der Waals surface area contributed by atoms with Gasteiger partial charge in [-0.1, -0.05) is 29.8 Å². The lowest BCUT2D eigenvalue weighted by molar-refractivity contribution is -0.136. The van der Waals surface area contributed by atoms with Crippen LogP contribution >= 0.6 is 11.6 Å². The Hall–Kier alpha value is -2.79. The summed E-state index contributed by atoms with van der Waals surface area (Å²) in [4.78, 5) is 26.4. The van der Waals surface area contributed by atoms with Gasteiger partial charge in [-0.25, -0.2) is 4.79 Å². The standard InChI is InChI=1S/C22H20ClNO4/c1-14(22(26)24-10-4-5-11-24)27-15-8-9-17-18(13-21(25)28-20(17)12-15)16-6-2-3-7-19(16)23/h2-3,6-9,12-14H,4-5,10-11H2,1H3. The Morgan fingerprint density at radius 2 is 1.86 bits per heavy atom. The smallest absolute Gasteiger partial charge is 0.336 e. The minimum atomic E-state index is -0.603. The third kappa shape index (κ3) is 3.62. The van der Waals surface area contributed by atoms with E-state index >= 15 is 0 Å². The van der Waals surface area contributed by atoms with Crippen LogP contribution in [0.5, 0.6) is 5.75 Å². The third-order valence-corrected chi connectivity index (χ3v) is 5.29. The maximum absolute atomic E-state index is 12.5. The largest absolute Gasteiger partial charge is 0.481 e. The number of likely N-dealkylation sites (tertiary alicyclic amines) is 1. The molecule has 6 heteroatoms. The summed E-state index contributed by atoms with van der Waals surface area (Å²) < 4.78 is 11.2. The van der Waals surface area contributed by atoms with Crippen LogP contribution in [-0.4, -0.2) is 30.0 Å². The summed E-state index contributed by atoms with van der Waals surface area (Å²) in [6.45, 7) is 3.29. The van der Waals surface area contributed by atoms with Crippen molar-refractivity contribution in [1.29, 1.82) is 0 Å². The second-order valence-corrected chi connectivity index (χ2v) is 7.32. The van der Waals surface area contributed by atoms with Gasteiger partial charge in [0.1, 0.15) is 11.3 Å². The molecule has 1 aromatic heterocycles. The normalized spacial score (nSPS) is 15.0. The summed E-state index contributed by atoms with van der Waals surface area (Å²) in [6.07, 6.45) is 1.46. The molecule has 28 heavy (non-hydrogen) atoms. The van der Waals surface area contributed by atoms with Gasteiger partial charge in [-0.15, -0.1) is 0 Å². The van der Waals surface area contributed by atoms with E-state index in [9.17, 15) is 9.59 Å². The number of halogens is 1. The van der Waals surface area contributed by atoms with Crippen molar-refractivity contribution in [3.05, 3.63) is 64.0 Å². The molecule has 2 heterocycles. The van der Waals surface area contributed by atoms with Gasteiger partial charge in [-0.3, -0.25) is 4.79 Å². The lowest BCUT2D eigenvalue weighted by Crippen LogP contribution is -2.38. The second kappa shape index (κ2) is 7.68. The Morgan fingerprint density at radius 3 is 2.61 bits per heavy atom. The maximum Gasteiger partial charge on any atom is 0.336 e. The number of rotatable bonds is 4. The number of carbonyl (C=O) groups excluding carboxylic acids is 1. The number of hydrogen-bond acceptors (Lipinski definition) is 4. The van der Waals surface area contributed by atoms with Gasteiger partial charge in [0.25, 0.3) is 5.91 Å². The molecule has 0 saturated carbocycles. The van der Waals surface area contributed by atoms with Crippen LogP contribution in [0.25, 0.3) is 22.1 Å². The number of fused-ring (bicyclic) bond motifs is 1. The van der Waals surface area contributed by atoms with E-state index in [1.807, 2.05) is 29.2 Å². The van der Waals surface area contributed by atoms with Crippen LogP contribution in [-0.2, 0) is 4.79 Å². The monoisotopic (exact) mass is 397 g/mol. The number of hydrogen-bond donors (Lipinski definition) is 0. The fourth-order valence-corrected chi connectivity index (χ4v) is 3.81. The summed E-state index contributed by atoms with van der Waals surface area (Å²) in [7, 11) is 0. The van der Waals surface area contributed by atoms with E-state index in [0.29, 0.717) is 21.9 Å². The molecule has 144 valence electrons. The SMILES string of the molecule is CC(Oc1ccc2c(-c3ccccc3Cl)cc(=O)oc2c1)C(=O)N1CCCC1. The fourth-order valence-electron chi connectivity index (χ4n) is 3.57. The fraction of sp³-hybridized carbons (Fsp3) is 0.273. The first-order valence-corrected chi connectivity index (χ1v) is 9.69. The first-order chi connectivity index (χ1) is 13.5. The lowest BCUT2D eigenvalue weighted by Gasteiger charge is -2.21. The molecule has 0 N–H and O–H groups in total. The van der Waals surface area contributed by atoms with E-state index in [-0.39, 0.29) is 5.91 Å². The molecule has 1 unspecified atom stereocenters. The molecule has 1 atom stereocenters. The first kappa shape index (κ1) is 18.6. The van der Waals surface area contributed by atoms with Crippen LogP contribution < -0.4 is 10.4 Å². The Bertz CT molecular complexity index is 1090. The van der Waals surface area contributed by atoms with Gasteiger partial charge in [0.15, 0.2) is 6.10 Å². The molecular formula is C22H20ClNO4. The minimum Gasteiger partial charge on any atom is -0.481 e. The molecule has 1 fully saturated rings. The number of ether oxygens (including phenoxy) is 1. The highest BCUT2D eigenvalue weighted by Crippen LogP contribution is 2.33. The van der Waals surface area contributed by atoms with Crippen LogP contribution in [0.2, 0.25) is 5.02 Å². The molecule has 0 spiro atoms. The van der Waals surface area contributed by atoms with Crippen molar-refractivity contribution in [2.45, 2.75) is 25.9 Å². The molecule has 1 amide bonds. The molecule has 5 nitrogen and oxygen atoms in total. The Labute approximate surface area is 167 Å². The van der Waals surface area contributed by atoms with Crippen LogP contribution in [0.3, 0.4) is 0 Å². The number of benzene rings is 2. The van der Waals surface area contributed by atoms with Crippen molar-refractivity contribution in [2.75, 3.05) is 13.1 Å². The maximum atomic E-state index is 12.5. The molecule has 0 aliphatic carbocycles. The average molecular weight is 398 g/mol. The predicted molar refractivity (Wildman–Crippen MR) is 109 cm³/mol. The minimum absolute atomic E-state index is 0.0242. The Balaban J connectivity index is 1.67. The zero-order valence-corrected chi connectivity index (χ0v) is 16.2. The Kier molecular flexibility index (Phi) is 5.09. The summed E-state index contributed by atoms with van der Waals surface area (Å²) in [6, 6.07) is 14.0. The van der Waals surface area contributed by atoms with Crippen LogP contribution in [0.4, 0.5) is 0 Å². The number of carbonyl (C=O) groups is 1. The van der Waals surface area contributed by atoms with E-state index in [4.69, 9.17) is 20.8 Å². The van der Waals surface area contributed by atoms with E-state index in [2.05, 4.69) is 0 Å². The number of amides is 1. The third-order valence-electron chi connectivity index (χ3n) is 4.96. The molecule has 4 rings (SSSR count). The van der Waals surface area contributed by atoms with E-state index < -0.39 is 11.7 Å². The van der Waals surface area contributed by atoms with Crippen molar-refractivity contribution >= 4 is 28.5 Å². The molecule has 0 radical (unpaired) electrons.